The van der Waals surface area contributed by atoms with Crippen LogP contribution in [0.2, 0.25) is 0 Å². The molecule has 174 valence electrons. The molecule has 2 unspecified atom stereocenters. The number of aromatic nitrogens is 1. The molecule has 0 N–H and O–H groups in total. The van der Waals surface area contributed by atoms with Gasteiger partial charge < -0.3 is 4.74 Å². The van der Waals surface area contributed by atoms with Gasteiger partial charge in [-0.1, -0.05) is 17.7 Å². The van der Waals surface area contributed by atoms with Gasteiger partial charge in [0.1, 0.15) is 11.4 Å². The van der Waals surface area contributed by atoms with Crippen LogP contribution in [0, 0.1) is 12.7 Å². The van der Waals surface area contributed by atoms with E-state index in [0.717, 1.165) is 17.5 Å². The number of fused-ring (bicyclic) bond motifs is 6. The molecule has 1 saturated heterocycles. The van der Waals surface area contributed by atoms with Crippen LogP contribution in [-0.2, 0) is 21.2 Å². The van der Waals surface area contributed by atoms with Gasteiger partial charge in [-0.2, -0.15) is 0 Å². The summed E-state index contributed by atoms with van der Waals surface area (Å²) in [5.41, 5.74) is 2.05. The second kappa shape index (κ2) is 7.32. The van der Waals surface area contributed by atoms with Crippen molar-refractivity contribution in [3.8, 4) is 0 Å². The molecule has 0 spiro atoms. The third-order valence-electron chi connectivity index (χ3n) is 6.45. The number of aryl methyl sites for hydroxylation is 1. The summed E-state index contributed by atoms with van der Waals surface area (Å²) < 4.78 is 49.0. The van der Waals surface area contributed by atoms with Crippen molar-refractivity contribution < 1.29 is 22.3 Å². The Hall–Kier alpha value is -2.87. The molecule has 0 aliphatic carbocycles. The lowest BCUT2D eigenvalue weighted by Crippen LogP contribution is -2.45. The SMILES string of the molecule is Cc1ccc(S(=O)(=O)n2c3c(c4cc(F)ccc42)CC2CCC3N2C(=O)OC(C)(C)C)cc1. The highest BCUT2D eigenvalue weighted by molar-refractivity contribution is 7.90. The van der Waals surface area contributed by atoms with Crippen molar-refractivity contribution in [2.75, 3.05) is 0 Å². The number of ether oxygens (including phenoxy) is 1. The fraction of sp³-hybridized carbons (Fsp3) is 0.400. The van der Waals surface area contributed by atoms with Crippen LogP contribution in [0.4, 0.5) is 9.18 Å². The number of hydrogen-bond donors (Lipinski definition) is 0. The monoisotopic (exact) mass is 470 g/mol. The van der Waals surface area contributed by atoms with Gasteiger partial charge in [0.25, 0.3) is 10.0 Å². The molecule has 3 aromatic rings. The average Bonchev–Trinajstić information content (AvgIpc) is 3.22. The first-order valence-electron chi connectivity index (χ1n) is 11.1. The highest BCUT2D eigenvalue weighted by Crippen LogP contribution is 2.48. The summed E-state index contributed by atoms with van der Waals surface area (Å²) in [6.45, 7) is 7.32. The van der Waals surface area contributed by atoms with E-state index in [1.165, 1.54) is 22.2 Å². The van der Waals surface area contributed by atoms with Crippen molar-refractivity contribution in [3.63, 3.8) is 0 Å². The molecule has 2 aliphatic rings. The highest BCUT2D eigenvalue weighted by atomic mass is 32.2. The third-order valence-corrected chi connectivity index (χ3v) is 8.19. The van der Waals surface area contributed by atoms with E-state index in [4.69, 9.17) is 4.74 Å². The molecule has 2 atom stereocenters. The largest absolute Gasteiger partial charge is 0.444 e. The van der Waals surface area contributed by atoms with E-state index < -0.39 is 33.6 Å². The molecular formula is C25H27FN2O4S. The summed E-state index contributed by atoms with van der Waals surface area (Å²) in [5, 5.41) is 0.585. The fourth-order valence-corrected chi connectivity index (χ4v) is 6.72. The van der Waals surface area contributed by atoms with E-state index in [-0.39, 0.29) is 10.9 Å². The van der Waals surface area contributed by atoms with Crippen molar-refractivity contribution in [3.05, 3.63) is 65.1 Å². The van der Waals surface area contributed by atoms with Crippen molar-refractivity contribution in [1.29, 1.82) is 0 Å². The minimum Gasteiger partial charge on any atom is -0.444 e. The molecule has 1 fully saturated rings. The summed E-state index contributed by atoms with van der Waals surface area (Å²) in [7, 11) is -3.99. The number of rotatable bonds is 2. The third kappa shape index (κ3) is 3.51. The number of halogens is 1. The topological polar surface area (TPSA) is 68.6 Å². The second-order valence-electron chi connectivity index (χ2n) is 9.95. The zero-order valence-corrected chi connectivity index (χ0v) is 19.9. The fourth-order valence-electron chi connectivity index (χ4n) is 5.12. The molecule has 3 heterocycles. The second-order valence-corrected chi connectivity index (χ2v) is 11.7. The van der Waals surface area contributed by atoms with Crippen LogP contribution in [0.15, 0.2) is 47.4 Å². The van der Waals surface area contributed by atoms with Gasteiger partial charge in [0.05, 0.1) is 22.1 Å². The van der Waals surface area contributed by atoms with Gasteiger partial charge in [-0.3, -0.25) is 4.90 Å². The van der Waals surface area contributed by atoms with Crippen LogP contribution in [0.1, 0.15) is 56.5 Å². The molecule has 0 radical (unpaired) electrons. The van der Waals surface area contributed by atoms with E-state index in [9.17, 15) is 17.6 Å². The van der Waals surface area contributed by atoms with Gasteiger partial charge in [-0.25, -0.2) is 21.6 Å². The Morgan fingerprint density at radius 1 is 1.09 bits per heavy atom. The maximum Gasteiger partial charge on any atom is 0.411 e. The average molecular weight is 471 g/mol. The van der Waals surface area contributed by atoms with E-state index in [1.54, 1.807) is 29.2 Å². The maximum atomic E-state index is 14.2. The number of benzene rings is 2. The molecule has 33 heavy (non-hydrogen) atoms. The first kappa shape index (κ1) is 21.9. The predicted octanol–water partition coefficient (Wildman–Crippen LogP) is 5.32. The van der Waals surface area contributed by atoms with Crippen LogP contribution in [-0.4, -0.2) is 35.0 Å². The van der Waals surface area contributed by atoms with Crippen LogP contribution >= 0.6 is 0 Å². The highest BCUT2D eigenvalue weighted by Gasteiger charge is 2.48. The Morgan fingerprint density at radius 3 is 2.45 bits per heavy atom. The quantitative estimate of drug-likeness (QED) is 0.508. The van der Waals surface area contributed by atoms with Gasteiger partial charge >= 0.3 is 6.09 Å². The van der Waals surface area contributed by atoms with Crippen molar-refractivity contribution in [1.82, 2.24) is 8.87 Å². The van der Waals surface area contributed by atoms with Gasteiger partial charge in [0.2, 0.25) is 0 Å². The number of carbonyl (C=O) groups is 1. The van der Waals surface area contributed by atoms with Crippen LogP contribution in [0.5, 0.6) is 0 Å². The van der Waals surface area contributed by atoms with Gasteiger partial charge in [0.15, 0.2) is 0 Å². The summed E-state index contributed by atoms with van der Waals surface area (Å²) >= 11 is 0. The lowest BCUT2D eigenvalue weighted by molar-refractivity contribution is 0.0120. The van der Waals surface area contributed by atoms with Crippen molar-refractivity contribution in [2.45, 2.75) is 69.5 Å². The Balaban J connectivity index is 1.74. The Bertz CT molecular complexity index is 1370. The Kier molecular flexibility index (Phi) is 4.87. The summed E-state index contributed by atoms with van der Waals surface area (Å²) in [6, 6.07) is 10.3. The Labute approximate surface area is 193 Å². The summed E-state index contributed by atoms with van der Waals surface area (Å²) in [4.78, 5) is 14.9. The van der Waals surface area contributed by atoms with E-state index in [1.807, 2.05) is 27.7 Å². The van der Waals surface area contributed by atoms with Gasteiger partial charge in [0, 0.05) is 11.4 Å². The van der Waals surface area contributed by atoms with Crippen LogP contribution < -0.4 is 0 Å². The number of amides is 1. The summed E-state index contributed by atoms with van der Waals surface area (Å²) in [6.07, 6.45) is 1.37. The standard InChI is InChI=1S/C25H27FN2O4S/c1-15-5-9-18(10-6-15)33(30,31)28-21-11-7-16(26)13-19(21)20-14-17-8-12-22(23(20)28)27(17)24(29)32-25(2,3)4/h5-7,9-11,13,17,22H,8,12,14H2,1-4H3. The molecule has 2 aromatic carbocycles. The van der Waals surface area contributed by atoms with Crippen LogP contribution in [0.3, 0.4) is 0 Å². The number of hydrogen-bond acceptors (Lipinski definition) is 4. The smallest absolute Gasteiger partial charge is 0.411 e. The zero-order valence-electron chi connectivity index (χ0n) is 19.1. The minimum atomic E-state index is -3.99. The molecule has 2 bridgehead atoms. The molecule has 5 rings (SSSR count). The number of carbonyl (C=O) groups excluding carboxylic acids is 1. The lowest BCUT2D eigenvalue weighted by atomic mass is 9.97. The normalized spacial score (nSPS) is 20.2. The molecule has 6 nitrogen and oxygen atoms in total. The molecule has 0 saturated carbocycles. The van der Waals surface area contributed by atoms with Gasteiger partial charge in [-0.15, -0.1) is 0 Å². The first-order valence-corrected chi connectivity index (χ1v) is 12.6. The van der Waals surface area contributed by atoms with E-state index in [2.05, 4.69) is 0 Å². The van der Waals surface area contributed by atoms with Crippen LogP contribution in [0.25, 0.3) is 10.9 Å². The lowest BCUT2D eigenvalue weighted by Gasteiger charge is -2.36. The minimum absolute atomic E-state index is 0.109. The van der Waals surface area contributed by atoms with Crippen molar-refractivity contribution >= 4 is 27.0 Å². The molecular weight excluding hydrogens is 443 g/mol. The Morgan fingerprint density at radius 2 is 1.79 bits per heavy atom. The molecule has 2 aliphatic heterocycles. The first-order chi connectivity index (χ1) is 15.5. The maximum absolute atomic E-state index is 14.2. The van der Waals surface area contributed by atoms with Gasteiger partial charge in [-0.05, 0) is 82.9 Å². The molecule has 8 heteroatoms. The zero-order chi connectivity index (χ0) is 23.7. The van der Waals surface area contributed by atoms with Crippen molar-refractivity contribution in [2.24, 2.45) is 0 Å². The summed E-state index contributed by atoms with van der Waals surface area (Å²) in [5.74, 6) is -0.419. The molecule has 1 amide bonds. The molecule has 1 aromatic heterocycles. The van der Waals surface area contributed by atoms with E-state index in [0.29, 0.717) is 29.4 Å². The van der Waals surface area contributed by atoms with E-state index >= 15 is 0 Å². The predicted molar refractivity (Wildman–Crippen MR) is 123 cm³/mol. The number of nitrogens with zero attached hydrogens (tertiary/aromatic N) is 2.